The second-order valence-corrected chi connectivity index (χ2v) is 5.87. The Kier molecular flexibility index (Phi) is 7.82. The van der Waals surface area contributed by atoms with E-state index >= 15 is 0 Å². The number of urea groups is 1. The lowest BCUT2D eigenvalue weighted by molar-refractivity contribution is -0.143. The number of aliphatic carboxylic acids is 1. The Labute approximate surface area is 113 Å². The van der Waals surface area contributed by atoms with E-state index in [0.717, 1.165) is 17.9 Å². The normalized spacial score (nSPS) is 15.6. The second-order valence-electron chi connectivity index (χ2n) is 4.48. The maximum atomic E-state index is 11.7. The monoisotopic (exact) mass is 276 g/mol. The predicted molar refractivity (Wildman–Crippen MR) is 75.1 cm³/mol. The molecule has 0 aromatic rings. The van der Waals surface area contributed by atoms with Crippen molar-refractivity contribution < 1.29 is 14.7 Å². The third kappa shape index (κ3) is 6.14. The zero-order chi connectivity index (χ0) is 14.2. The van der Waals surface area contributed by atoms with E-state index in [0.29, 0.717) is 6.42 Å². The first-order valence-electron chi connectivity index (χ1n) is 6.25. The Morgan fingerprint density at radius 2 is 2.00 bits per heavy atom. The standard InChI is InChI=1S/C12H24N2O3S/c1-5-12(4,10(15)16)14-11(17)13-9(3)7-8-18-6-2/h9H,5-8H2,1-4H3,(H,15,16)(H2,13,14,17). The van der Waals surface area contributed by atoms with Crippen LogP contribution in [0.2, 0.25) is 0 Å². The van der Waals surface area contributed by atoms with Gasteiger partial charge in [0, 0.05) is 6.04 Å². The van der Waals surface area contributed by atoms with Crippen molar-refractivity contribution in [2.45, 2.75) is 52.1 Å². The minimum absolute atomic E-state index is 0.0407. The highest BCUT2D eigenvalue weighted by Crippen LogP contribution is 2.09. The summed E-state index contributed by atoms with van der Waals surface area (Å²) >= 11 is 1.82. The Morgan fingerprint density at radius 3 is 2.44 bits per heavy atom. The first-order valence-corrected chi connectivity index (χ1v) is 7.41. The smallest absolute Gasteiger partial charge is 0.329 e. The van der Waals surface area contributed by atoms with Gasteiger partial charge >= 0.3 is 12.0 Å². The van der Waals surface area contributed by atoms with Crippen molar-refractivity contribution in [2.75, 3.05) is 11.5 Å². The molecule has 2 amide bonds. The number of thioether (sulfide) groups is 1. The third-order valence-corrected chi connectivity index (χ3v) is 3.78. The van der Waals surface area contributed by atoms with Crippen LogP contribution in [-0.2, 0) is 4.79 Å². The van der Waals surface area contributed by atoms with Gasteiger partial charge in [0.1, 0.15) is 5.54 Å². The summed E-state index contributed by atoms with van der Waals surface area (Å²) in [5.74, 6) is 1.03. The minimum Gasteiger partial charge on any atom is -0.480 e. The van der Waals surface area contributed by atoms with Gasteiger partial charge in [-0.05, 0) is 38.2 Å². The molecule has 0 aliphatic carbocycles. The van der Waals surface area contributed by atoms with Gasteiger partial charge in [0.15, 0.2) is 0 Å². The molecule has 6 heteroatoms. The zero-order valence-electron chi connectivity index (χ0n) is 11.6. The summed E-state index contributed by atoms with van der Waals surface area (Å²) in [6.07, 6.45) is 1.22. The lowest BCUT2D eigenvalue weighted by Gasteiger charge is -2.25. The van der Waals surface area contributed by atoms with Gasteiger partial charge in [-0.1, -0.05) is 13.8 Å². The van der Waals surface area contributed by atoms with Crippen LogP contribution in [0.5, 0.6) is 0 Å². The first-order chi connectivity index (χ1) is 8.35. The van der Waals surface area contributed by atoms with Crippen LogP contribution in [0.1, 0.15) is 40.5 Å². The molecule has 18 heavy (non-hydrogen) atoms. The number of rotatable bonds is 8. The summed E-state index contributed by atoms with van der Waals surface area (Å²) < 4.78 is 0. The lowest BCUT2D eigenvalue weighted by Crippen LogP contribution is -2.56. The van der Waals surface area contributed by atoms with Crippen molar-refractivity contribution in [1.29, 1.82) is 0 Å². The summed E-state index contributed by atoms with van der Waals surface area (Å²) in [5.41, 5.74) is -1.21. The van der Waals surface area contributed by atoms with Crippen molar-refractivity contribution in [3.05, 3.63) is 0 Å². The molecule has 0 fully saturated rings. The average molecular weight is 276 g/mol. The number of nitrogens with one attached hydrogen (secondary N) is 2. The fraction of sp³-hybridized carbons (Fsp3) is 0.833. The van der Waals surface area contributed by atoms with Crippen molar-refractivity contribution in [2.24, 2.45) is 0 Å². The quantitative estimate of drug-likeness (QED) is 0.593. The minimum atomic E-state index is -1.21. The second kappa shape index (κ2) is 8.24. The van der Waals surface area contributed by atoms with Crippen molar-refractivity contribution in [3.63, 3.8) is 0 Å². The highest BCUT2D eigenvalue weighted by Gasteiger charge is 2.32. The van der Waals surface area contributed by atoms with E-state index in [-0.39, 0.29) is 6.04 Å². The van der Waals surface area contributed by atoms with Crippen LogP contribution in [0, 0.1) is 0 Å². The summed E-state index contributed by atoms with van der Waals surface area (Å²) in [6, 6.07) is -0.380. The molecule has 2 unspecified atom stereocenters. The zero-order valence-corrected chi connectivity index (χ0v) is 12.4. The number of hydrogen-bond donors (Lipinski definition) is 3. The van der Waals surface area contributed by atoms with Gasteiger partial charge in [0.05, 0.1) is 0 Å². The summed E-state index contributed by atoms with van der Waals surface area (Å²) in [6.45, 7) is 7.25. The third-order valence-electron chi connectivity index (χ3n) is 2.85. The van der Waals surface area contributed by atoms with Crippen molar-refractivity contribution in [3.8, 4) is 0 Å². The molecular weight excluding hydrogens is 252 g/mol. The highest BCUT2D eigenvalue weighted by atomic mass is 32.2. The Balaban J connectivity index is 4.13. The van der Waals surface area contributed by atoms with Crippen LogP contribution < -0.4 is 10.6 Å². The largest absolute Gasteiger partial charge is 0.480 e. The van der Waals surface area contributed by atoms with Crippen LogP contribution in [0.25, 0.3) is 0 Å². The van der Waals surface area contributed by atoms with Gasteiger partial charge in [-0.3, -0.25) is 0 Å². The van der Waals surface area contributed by atoms with Gasteiger partial charge in [-0.15, -0.1) is 0 Å². The molecule has 0 spiro atoms. The van der Waals surface area contributed by atoms with Crippen LogP contribution in [0.15, 0.2) is 0 Å². The Bertz CT molecular complexity index is 286. The fourth-order valence-corrected chi connectivity index (χ4v) is 2.09. The van der Waals surface area contributed by atoms with E-state index in [1.54, 1.807) is 6.92 Å². The molecule has 0 aromatic carbocycles. The molecule has 0 bridgehead atoms. The van der Waals surface area contributed by atoms with Crippen LogP contribution >= 0.6 is 11.8 Å². The van der Waals surface area contributed by atoms with Gasteiger partial charge in [-0.2, -0.15) is 11.8 Å². The molecule has 0 rings (SSSR count). The van der Waals surface area contributed by atoms with Crippen molar-refractivity contribution in [1.82, 2.24) is 10.6 Å². The van der Waals surface area contributed by atoms with Crippen LogP contribution in [-0.4, -0.2) is 40.2 Å². The lowest BCUT2D eigenvalue weighted by atomic mass is 10.00. The molecule has 0 saturated heterocycles. The molecule has 0 aliphatic heterocycles. The molecule has 0 radical (unpaired) electrons. The molecule has 0 aromatic heterocycles. The SMILES string of the molecule is CCSCCC(C)NC(=O)NC(C)(CC)C(=O)O. The molecule has 3 N–H and O–H groups in total. The van der Waals surface area contributed by atoms with E-state index in [4.69, 9.17) is 5.11 Å². The van der Waals surface area contributed by atoms with Gasteiger partial charge in [-0.25, -0.2) is 9.59 Å². The molecular formula is C12H24N2O3S. The number of carboxylic acid groups (broad SMARTS) is 1. The first kappa shape index (κ1) is 17.1. The molecule has 0 saturated carbocycles. The van der Waals surface area contributed by atoms with Gasteiger partial charge in [0.25, 0.3) is 0 Å². The predicted octanol–water partition coefficient (Wildman–Crippen LogP) is 2.07. The number of hydrogen-bond acceptors (Lipinski definition) is 3. The van der Waals surface area contributed by atoms with E-state index in [1.807, 2.05) is 18.7 Å². The molecule has 0 heterocycles. The van der Waals surface area contributed by atoms with E-state index in [9.17, 15) is 9.59 Å². The maximum Gasteiger partial charge on any atom is 0.329 e. The number of carboxylic acids is 1. The van der Waals surface area contributed by atoms with Crippen molar-refractivity contribution >= 4 is 23.8 Å². The number of carbonyl (C=O) groups is 2. The maximum absolute atomic E-state index is 11.7. The van der Waals surface area contributed by atoms with Crippen LogP contribution in [0.4, 0.5) is 4.79 Å². The van der Waals surface area contributed by atoms with Gasteiger partial charge < -0.3 is 15.7 Å². The molecule has 2 atom stereocenters. The summed E-state index contributed by atoms with van der Waals surface area (Å²) in [4.78, 5) is 22.7. The molecule has 5 nitrogen and oxygen atoms in total. The topological polar surface area (TPSA) is 78.4 Å². The van der Waals surface area contributed by atoms with Gasteiger partial charge in [0.2, 0.25) is 0 Å². The number of carbonyl (C=O) groups excluding carboxylic acids is 1. The van der Waals surface area contributed by atoms with Crippen LogP contribution in [0.3, 0.4) is 0 Å². The molecule has 106 valence electrons. The Morgan fingerprint density at radius 1 is 1.39 bits per heavy atom. The average Bonchev–Trinajstić information content (AvgIpc) is 2.28. The van der Waals surface area contributed by atoms with E-state index in [1.165, 1.54) is 6.92 Å². The fourth-order valence-electron chi connectivity index (χ4n) is 1.28. The highest BCUT2D eigenvalue weighted by molar-refractivity contribution is 7.99. The number of amides is 2. The molecule has 0 aliphatic rings. The van der Waals surface area contributed by atoms with E-state index in [2.05, 4.69) is 17.6 Å². The Hall–Kier alpha value is -0.910. The van der Waals surface area contributed by atoms with E-state index < -0.39 is 17.5 Å². The summed E-state index contributed by atoms with van der Waals surface area (Å²) in [7, 11) is 0. The summed E-state index contributed by atoms with van der Waals surface area (Å²) in [5, 5.41) is 14.3.